The van der Waals surface area contributed by atoms with Gasteiger partial charge in [0.05, 0.1) is 6.61 Å². The lowest BCUT2D eigenvalue weighted by atomic mass is 10.1. The first-order valence-electron chi connectivity index (χ1n) is 12.8. The molecule has 1 rings (SSSR count). The van der Waals surface area contributed by atoms with Crippen LogP contribution in [0.25, 0.3) is 0 Å². The summed E-state index contributed by atoms with van der Waals surface area (Å²) in [6.45, 7) is 32.2. The van der Waals surface area contributed by atoms with Gasteiger partial charge < -0.3 is 25.6 Å². The van der Waals surface area contributed by atoms with Crippen molar-refractivity contribution in [2.75, 3.05) is 6.61 Å². The van der Waals surface area contributed by atoms with E-state index >= 15 is 0 Å². The van der Waals surface area contributed by atoms with Gasteiger partial charge in [0.15, 0.2) is 33.3 Å². The molecule has 1 aliphatic rings. The Morgan fingerprint density at radius 3 is 1.63 bits per heavy atom. The maximum atomic E-state index is 11.8. The third kappa shape index (κ3) is 11.7. The minimum Gasteiger partial charge on any atom is -0.462 e. The topological polar surface area (TPSA) is 72.5 Å². The van der Waals surface area contributed by atoms with Gasteiger partial charge in [-0.15, -0.1) is 0 Å². The van der Waals surface area contributed by atoms with E-state index in [0.29, 0.717) is 18.6 Å². The predicted octanol–water partition coefficient (Wildman–Crippen LogP) is 6.54. The van der Waals surface area contributed by atoms with Crippen molar-refractivity contribution in [1.29, 1.82) is 0 Å². The molecule has 0 radical (unpaired) electrons. The number of carbonyl (C=O) groups is 1. The summed E-state index contributed by atoms with van der Waals surface area (Å²) in [5.41, 5.74) is 0.417. The highest BCUT2D eigenvalue weighted by Gasteiger charge is 2.73. The molecule has 0 aromatic rings. The first-order valence-corrected chi connectivity index (χ1v) is 31.2. The molecule has 1 unspecified atom stereocenters. The van der Waals surface area contributed by atoms with E-state index in [-0.39, 0.29) is 12.1 Å². The predicted molar refractivity (Wildman–Crippen MR) is 159 cm³/mol. The van der Waals surface area contributed by atoms with Gasteiger partial charge in [0, 0.05) is 11.7 Å². The van der Waals surface area contributed by atoms with Gasteiger partial charge in [-0.2, -0.15) is 0 Å². The number of ether oxygens (including phenoxy) is 1. The summed E-state index contributed by atoms with van der Waals surface area (Å²) >= 11 is 0. The molecule has 1 fully saturated rings. The van der Waals surface area contributed by atoms with Gasteiger partial charge >= 0.3 is 22.4 Å². The first kappa shape index (κ1) is 33.3. The van der Waals surface area contributed by atoms with Gasteiger partial charge in [0.1, 0.15) is 0 Å². The Hall–Kier alpha value is 0.311. The lowest BCUT2D eigenvalue weighted by Gasteiger charge is -2.55. The van der Waals surface area contributed by atoms with Crippen LogP contribution in [0, 0.1) is 0 Å². The molecule has 0 aliphatic carbocycles. The van der Waals surface area contributed by atoms with Crippen molar-refractivity contribution in [2.45, 2.75) is 117 Å². The third-order valence-electron chi connectivity index (χ3n) is 4.66. The van der Waals surface area contributed by atoms with Gasteiger partial charge in [-0.1, -0.05) is 6.58 Å². The maximum absolute atomic E-state index is 11.8. The van der Waals surface area contributed by atoms with Crippen LogP contribution in [0.4, 0.5) is 0 Å². The van der Waals surface area contributed by atoms with Gasteiger partial charge in [-0.3, -0.25) is 0 Å². The molecule has 0 bridgehead atoms. The van der Waals surface area contributed by atoms with E-state index in [0.717, 1.165) is 18.9 Å². The number of hydrogen-bond acceptors (Lipinski definition) is 7. The molecule has 0 amide bonds. The fraction of sp³-hybridized carbons (Fsp3) is 0.864. The van der Waals surface area contributed by atoms with Crippen LogP contribution in [0.5, 0.6) is 0 Å². The van der Waals surface area contributed by atoms with Crippen LogP contribution in [0.2, 0.25) is 84.6 Å². The SMILES string of the molecule is C=C(C)C(=O)OCCCC1CC[Si](O[Si](C)(C)C)(O[Si](C)(C)C)[Si](O[Si](C)(C)C)(O[Si](C)(C)C)O1. The normalized spacial score (nSPS) is 21.0. The Morgan fingerprint density at radius 2 is 1.26 bits per heavy atom. The molecule has 1 saturated heterocycles. The number of rotatable bonds is 13. The summed E-state index contributed by atoms with van der Waals surface area (Å²) in [6, 6.07) is 0.818. The van der Waals surface area contributed by atoms with Crippen LogP contribution < -0.4 is 0 Å². The molecule has 206 valence electrons. The standard InChI is InChI=1S/C22H52O7Si6/c1-20(2)22(23)24-18-15-16-21-17-19-34(26-30(3,4)5,27-31(6,7)8)35(25-21,28-32(9,10)11)29-33(12,13)14/h21H,1,15-19H2,2-14H3. The molecule has 35 heavy (non-hydrogen) atoms. The quantitative estimate of drug-likeness (QED) is 0.103. The van der Waals surface area contributed by atoms with Gasteiger partial charge in [0.25, 0.3) is 0 Å². The average Bonchev–Trinajstić information content (AvgIpc) is 2.55. The summed E-state index contributed by atoms with van der Waals surface area (Å²) < 4.78 is 40.8. The smallest absolute Gasteiger partial charge is 0.462 e. The second kappa shape index (κ2) is 12.0. The van der Waals surface area contributed by atoms with Crippen molar-refractivity contribution in [3.8, 4) is 0 Å². The number of esters is 1. The first-order chi connectivity index (χ1) is 15.5. The second-order valence-corrected chi connectivity index (χ2v) is 41.1. The molecule has 0 aromatic heterocycles. The molecule has 1 aliphatic heterocycles. The Kier molecular flexibility index (Phi) is 11.4. The lowest BCUT2D eigenvalue weighted by molar-refractivity contribution is -0.139. The second-order valence-electron chi connectivity index (χ2n) is 13.5. The molecule has 13 heteroatoms. The third-order valence-corrected chi connectivity index (χ3v) is 29.3. The minimum atomic E-state index is -3.35. The van der Waals surface area contributed by atoms with E-state index in [1.165, 1.54) is 0 Å². The van der Waals surface area contributed by atoms with Crippen LogP contribution in [-0.4, -0.2) is 68.4 Å². The maximum Gasteiger partial charge on any atom is 0.517 e. The van der Waals surface area contributed by atoms with Crippen molar-refractivity contribution in [2.24, 2.45) is 0 Å². The van der Waals surface area contributed by atoms with Gasteiger partial charge in [-0.25, -0.2) is 4.79 Å². The zero-order chi connectivity index (χ0) is 27.5. The zero-order valence-electron chi connectivity index (χ0n) is 24.7. The van der Waals surface area contributed by atoms with Crippen molar-refractivity contribution in [3.05, 3.63) is 12.2 Å². The highest BCUT2D eigenvalue weighted by atomic mass is 29.3. The summed E-state index contributed by atoms with van der Waals surface area (Å²) in [6.07, 6.45) is 2.29. The van der Waals surface area contributed by atoms with Crippen molar-refractivity contribution in [1.82, 2.24) is 0 Å². The van der Waals surface area contributed by atoms with E-state index in [1.807, 2.05) is 0 Å². The number of hydrogen-bond donors (Lipinski definition) is 0. The minimum absolute atomic E-state index is 0.0333. The molecule has 1 atom stereocenters. The Morgan fingerprint density at radius 1 is 0.829 bits per heavy atom. The van der Waals surface area contributed by atoms with Crippen LogP contribution in [0.3, 0.4) is 0 Å². The molecule has 7 nitrogen and oxygen atoms in total. The van der Waals surface area contributed by atoms with Gasteiger partial charge in [0.2, 0.25) is 0 Å². The van der Waals surface area contributed by atoms with E-state index in [2.05, 4.69) is 85.1 Å². The highest BCUT2D eigenvalue weighted by Crippen LogP contribution is 2.44. The fourth-order valence-corrected chi connectivity index (χ4v) is 43.2. The Balaban J connectivity index is 3.44. The van der Waals surface area contributed by atoms with Crippen LogP contribution >= 0.6 is 0 Å². The summed E-state index contributed by atoms with van der Waals surface area (Å²) in [4.78, 5) is 11.8. The van der Waals surface area contributed by atoms with Gasteiger partial charge in [-0.05, 0) is 111 Å². The molecule has 0 spiro atoms. The largest absolute Gasteiger partial charge is 0.517 e. The molecule has 0 N–H and O–H groups in total. The van der Waals surface area contributed by atoms with Crippen LogP contribution in [-0.2, 0) is 30.4 Å². The molecule has 0 saturated carbocycles. The Labute approximate surface area is 221 Å². The molecule has 0 aromatic carbocycles. The van der Waals surface area contributed by atoms with Crippen molar-refractivity contribution in [3.63, 3.8) is 0 Å². The van der Waals surface area contributed by atoms with Crippen molar-refractivity contribution < 1.29 is 30.4 Å². The Bertz CT molecular complexity index is 703. The van der Waals surface area contributed by atoms with E-state index in [4.69, 9.17) is 25.6 Å². The van der Waals surface area contributed by atoms with E-state index in [1.54, 1.807) is 6.92 Å². The lowest BCUT2D eigenvalue weighted by Crippen LogP contribution is -2.81. The summed E-state index contributed by atoms with van der Waals surface area (Å²) in [5.74, 6) is -0.346. The molecular formula is C22H52O7Si6. The monoisotopic (exact) mass is 596 g/mol. The summed E-state index contributed by atoms with van der Waals surface area (Å²) in [7, 11) is -14.6. The molecular weight excluding hydrogens is 545 g/mol. The summed E-state index contributed by atoms with van der Waals surface area (Å²) in [5, 5.41) is 0. The van der Waals surface area contributed by atoms with E-state index in [9.17, 15) is 4.79 Å². The molecule has 1 heterocycles. The van der Waals surface area contributed by atoms with E-state index < -0.39 is 49.7 Å². The van der Waals surface area contributed by atoms with Crippen LogP contribution in [0.15, 0.2) is 12.2 Å². The van der Waals surface area contributed by atoms with Crippen LogP contribution in [0.1, 0.15) is 26.2 Å². The fourth-order valence-electron chi connectivity index (χ4n) is 3.94. The average molecular weight is 597 g/mol. The zero-order valence-corrected chi connectivity index (χ0v) is 30.7. The number of carbonyl (C=O) groups excluding carboxylic acids is 1. The van der Waals surface area contributed by atoms with Crippen molar-refractivity contribution >= 4 is 55.6 Å². The highest BCUT2D eigenvalue weighted by molar-refractivity contribution is 7.34.